The van der Waals surface area contributed by atoms with Gasteiger partial charge < -0.3 is 9.84 Å². The van der Waals surface area contributed by atoms with Crippen LogP contribution in [0.1, 0.15) is 34.9 Å². The van der Waals surface area contributed by atoms with Gasteiger partial charge in [0.05, 0.1) is 29.5 Å². The second-order valence-electron chi connectivity index (χ2n) is 5.38. The first-order valence-electron chi connectivity index (χ1n) is 7.20. The molecule has 1 atom stereocenters. The van der Waals surface area contributed by atoms with Gasteiger partial charge in [-0.1, -0.05) is 18.2 Å². The summed E-state index contributed by atoms with van der Waals surface area (Å²) in [5.41, 5.74) is 4.49. The van der Waals surface area contributed by atoms with Crippen LogP contribution < -0.4 is 0 Å². The third-order valence-corrected chi connectivity index (χ3v) is 4.65. The fourth-order valence-electron chi connectivity index (χ4n) is 2.92. The summed E-state index contributed by atoms with van der Waals surface area (Å²) in [4.78, 5) is 0. The number of aliphatic hydroxyl groups is 1. The van der Waals surface area contributed by atoms with Gasteiger partial charge in [-0.25, -0.2) is 0 Å². The highest BCUT2D eigenvalue weighted by molar-refractivity contribution is 9.10. The molecule has 3 rings (SSSR count). The number of halogens is 1. The molecule has 1 unspecified atom stereocenters. The number of benzene rings is 1. The van der Waals surface area contributed by atoms with Crippen LogP contribution in [0.2, 0.25) is 0 Å². The van der Waals surface area contributed by atoms with E-state index in [-0.39, 0.29) is 0 Å². The number of hydrogen-bond donors (Lipinski definition) is 1. The van der Waals surface area contributed by atoms with E-state index in [1.807, 2.05) is 6.07 Å². The maximum absolute atomic E-state index is 10.7. The summed E-state index contributed by atoms with van der Waals surface area (Å²) in [6.45, 7) is 1.19. The zero-order valence-corrected chi connectivity index (χ0v) is 13.6. The summed E-state index contributed by atoms with van der Waals surface area (Å²) in [6, 6.07) is 6.30. The minimum Gasteiger partial charge on any atom is -0.383 e. The van der Waals surface area contributed by atoms with Crippen molar-refractivity contribution in [1.29, 1.82) is 0 Å². The maximum atomic E-state index is 10.7. The molecule has 0 saturated carbocycles. The van der Waals surface area contributed by atoms with E-state index >= 15 is 0 Å². The number of hydrogen-bond acceptors (Lipinski definition) is 3. The van der Waals surface area contributed by atoms with E-state index in [2.05, 4.69) is 33.2 Å². The lowest BCUT2D eigenvalue weighted by Gasteiger charge is -2.15. The van der Waals surface area contributed by atoms with Gasteiger partial charge in [0.1, 0.15) is 6.10 Å². The van der Waals surface area contributed by atoms with Gasteiger partial charge in [-0.05, 0) is 51.9 Å². The van der Waals surface area contributed by atoms with Crippen LogP contribution in [0, 0.1) is 0 Å². The smallest absolute Gasteiger partial charge is 0.122 e. The Kier molecular flexibility index (Phi) is 4.42. The van der Waals surface area contributed by atoms with Crippen molar-refractivity contribution in [1.82, 2.24) is 9.78 Å². The molecule has 1 heterocycles. The lowest BCUT2D eigenvalue weighted by Crippen LogP contribution is -2.13. The molecule has 1 N–H and O–H groups in total. The van der Waals surface area contributed by atoms with E-state index < -0.39 is 6.10 Å². The molecule has 0 saturated heterocycles. The molecular weight excluding hydrogens is 332 g/mol. The summed E-state index contributed by atoms with van der Waals surface area (Å²) in [6.07, 6.45) is 4.53. The van der Waals surface area contributed by atoms with Gasteiger partial charge in [0, 0.05) is 7.11 Å². The van der Waals surface area contributed by atoms with Crippen LogP contribution >= 0.6 is 15.9 Å². The summed E-state index contributed by atoms with van der Waals surface area (Å²) < 4.78 is 7.72. The Balaban J connectivity index is 1.91. The van der Waals surface area contributed by atoms with Crippen LogP contribution in [0.3, 0.4) is 0 Å². The van der Waals surface area contributed by atoms with E-state index in [1.165, 1.54) is 17.5 Å². The van der Waals surface area contributed by atoms with Crippen LogP contribution in [0.5, 0.6) is 0 Å². The van der Waals surface area contributed by atoms with Crippen LogP contribution in [0.25, 0.3) is 0 Å². The Morgan fingerprint density at radius 2 is 2.19 bits per heavy atom. The molecule has 1 aromatic heterocycles. The summed E-state index contributed by atoms with van der Waals surface area (Å²) in [5.74, 6) is 0. The second-order valence-corrected chi connectivity index (χ2v) is 6.23. The fraction of sp³-hybridized carbons (Fsp3) is 0.438. The van der Waals surface area contributed by atoms with E-state index in [0.717, 1.165) is 28.6 Å². The number of rotatable bonds is 5. The fourth-order valence-corrected chi connectivity index (χ4v) is 3.43. The lowest BCUT2D eigenvalue weighted by atomic mass is 10.0. The third-order valence-electron chi connectivity index (χ3n) is 4.04. The first kappa shape index (κ1) is 14.8. The average molecular weight is 351 g/mol. The molecule has 1 aliphatic rings. The molecule has 1 aromatic carbocycles. The van der Waals surface area contributed by atoms with Crippen LogP contribution in [0.15, 0.2) is 28.9 Å². The predicted molar refractivity (Wildman–Crippen MR) is 84.3 cm³/mol. The molecule has 0 amide bonds. The van der Waals surface area contributed by atoms with Crippen molar-refractivity contribution in [2.45, 2.75) is 31.9 Å². The lowest BCUT2D eigenvalue weighted by molar-refractivity contribution is 0.171. The molecule has 5 heteroatoms. The Morgan fingerprint density at radius 3 is 3.00 bits per heavy atom. The number of aliphatic hydroxyl groups excluding tert-OH is 1. The monoisotopic (exact) mass is 350 g/mol. The number of nitrogens with zero attached hydrogens (tertiary/aromatic N) is 2. The molecule has 0 spiro atoms. The molecule has 0 aliphatic heterocycles. The van der Waals surface area contributed by atoms with Gasteiger partial charge >= 0.3 is 0 Å². The van der Waals surface area contributed by atoms with Crippen LogP contribution in [-0.4, -0.2) is 28.6 Å². The second kappa shape index (κ2) is 6.30. The SMILES string of the molecule is COCCn1ncc(Br)c1C(O)c1ccc2c(c1)CCC2. The van der Waals surface area contributed by atoms with E-state index in [1.54, 1.807) is 18.0 Å². The van der Waals surface area contributed by atoms with Crippen molar-refractivity contribution in [2.75, 3.05) is 13.7 Å². The largest absolute Gasteiger partial charge is 0.383 e. The Labute approximate surface area is 132 Å². The first-order chi connectivity index (χ1) is 10.2. The minimum atomic E-state index is -0.676. The predicted octanol–water partition coefficient (Wildman–Crippen LogP) is 2.86. The topological polar surface area (TPSA) is 47.3 Å². The summed E-state index contributed by atoms with van der Waals surface area (Å²) >= 11 is 3.49. The number of aryl methyl sites for hydroxylation is 2. The molecular formula is C16H19BrN2O2. The van der Waals surface area contributed by atoms with Gasteiger partial charge in [-0.2, -0.15) is 5.10 Å². The van der Waals surface area contributed by atoms with Crippen molar-refractivity contribution in [3.63, 3.8) is 0 Å². The molecule has 0 radical (unpaired) electrons. The van der Waals surface area contributed by atoms with Crippen LogP contribution in [-0.2, 0) is 24.1 Å². The van der Waals surface area contributed by atoms with E-state index in [4.69, 9.17) is 4.74 Å². The van der Waals surface area contributed by atoms with Gasteiger partial charge in [0.15, 0.2) is 0 Å². The van der Waals surface area contributed by atoms with Crippen LogP contribution in [0.4, 0.5) is 0 Å². The molecule has 4 nitrogen and oxygen atoms in total. The summed E-state index contributed by atoms with van der Waals surface area (Å²) in [7, 11) is 1.66. The maximum Gasteiger partial charge on any atom is 0.122 e. The zero-order valence-electron chi connectivity index (χ0n) is 12.1. The Bertz CT molecular complexity index is 639. The van der Waals surface area contributed by atoms with Crippen molar-refractivity contribution in [2.24, 2.45) is 0 Å². The van der Waals surface area contributed by atoms with E-state index in [0.29, 0.717) is 13.2 Å². The van der Waals surface area contributed by atoms with Gasteiger partial charge in [-0.3, -0.25) is 4.68 Å². The molecule has 2 aromatic rings. The van der Waals surface area contributed by atoms with E-state index in [9.17, 15) is 5.11 Å². The Morgan fingerprint density at radius 1 is 1.38 bits per heavy atom. The summed E-state index contributed by atoms with van der Waals surface area (Å²) in [5, 5.41) is 15.0. The number of fused-ring (bicyclic) bond motifs is 1. The highest BCUT2D eigenvalue weighted by Crippen LogP contribution is 2.31. The first-order valence-corrected chi connectivity index (χ1v) is 8.00. The average Bonchev–Trinajstić information content (AvgIpc) is 3.10. The van der Waals surface area contributed by atoms with Crippen molar-refractivity contribution < 1.29 is 9.84 Å². The van der Waals surface area contributed by atoms with Crippen molar-refractivity contribution in [3.8, 4) is 0 Å². The third kappa shape index (κ3) is 2.91. The van der Waals surface area contributed by atoms with Gasteiger partial charge in [0.25, 0.3) is 0 Å². The number of methoxy groups -OCH3 is 1. The highest BCUT2D eigenvalue weighted by Gasteiger charge is 2.21. The van der Waals surface area contributed by atoms with Crippen molar-refractivity contribution >= 4 is 15.9 Å². The zero-order chi connectivity index (χ0) is 14.8. The molecule has 0 bridgehead atoms. The molecule has 21 heavy (non-hydrogen) atoms. The minimum absolute atomic E-state index is 0.567. The number of ether oxygens (including phenoxy) is 1. The molecule has 1 aliphatic carbocycles. The van der Waals surface area contributed by atoms with Gasteiger partial charge in [-0.15, -0.1) is 0 Å². The highest BCUT2D eigenvalue weighted by atomic mass is 79.9. The number of aromatic nitrogens is 2. The molecule has 0 fully saturated rings. The standard InChI is InChI=1S/C16H19BrN2O2/c1-21-8-7-19-15(14(17)10-18-19)16(20)13-6-5-11-3-2-4-12(11)9-13/h5-6,9-10,16,20H,2-4,7-8H2,1H3. The van der Waals surface area contributed by atoms with Gasteiger partial charge in [0.2, 0.25) is 0 Å². The molecule has 112 valence electrons. The normalized spacial score (nSPS) is 15.2. The Hall–Kier alpha value is -1.17. The van der Waals surface area contributed by atoms with Crippen molar-refractivity contribution in [3.05, 3.63) is 51.3 Å². The quantitative estimate of drug-likeness (QED) is 0.901.